The zero-order chi connectivity index (χ0) is 15.8. The summed E-state index contributed by atoms with van der Waals surface area (Å²) in [6, 6.07) is 18.4. The second kappa shape index (κ2) is 8.23. The fraction of sp³-hybridized carbons (Fsp3) is 0.316. The van der Waals surface area contributed by atoms with E-state index in [2.05, 4.69) is 48.3 Å². The molecule has 0 unspecified atom stereocenters. The van der Waals surface area contributed by atoms with Gasteiger partial charge in [-0.05, 0) is 31.5 Å². The Bertz CT molecular complexity index is 595. The van der Waals surface area contributed by atoms with Gasteiger partial charge in [0.2, 0.25) is 5.91 Å². The molecule has 3 heteroatoms. The minimum absolute atomic E-state index is 0.0934. The van der Waals surface area contributed by atoms with Crippen molar-refractivity contribution in [2.75, 3.05) is 18.0 Å². The molecule has 0 aromatic heterocycles. The van der Waals surface area contributed by atoms with Crippen LogP contribution in [0.5, 0.6) is 0 Å². The molecule has 2 aromatic carbocycles. The van der Waals surface area contributed by atoms with Crippen LogP contribution in [0, 0.1) is 6.92 Å². The molecule has 0 fully saturated rings. The van der Waals surface area contributed by atoms with Crippen LogP contribution in [0.25, 0.3) is 0 Å². The van der Waals surface area contributed by atoms with Gasteiger partial charge in [0.15, 0.2) is 0 Å². The van der Waals surface area contributed by atoms with Crippen LogP contribution in [0.1, 0.15) is 24.5 Å². The van der Waals surface area contributed by atoms with Crippen LogP contribution in [-0.4, -0.2) is 19.0 Å². The molecule has 0 atom stereocenters. The number of aryl methyl sites for hydroxylation is 1. The van der Waals surface area contributed by atoms with E-state index in [4.69, 9.17) is 0 Å². The number of amides is 1. The van der Waals surface area contributed by atoms with Gasteiger partial charge in [-0.15, -0.1) is 0 Å². The Morgan fingerprint density at radius 2 is 1.86 bits per heavy atom. The Morgan fingerprint density at radius 3 is 2.55 bits per heavy atom. The highest BCUT2D eigenvalue weighted by Gasteiger charge is 2.07. The number of anilines is 1. The average molecular weight is 296 g/mol. The van der Waals surface area contributed by atoms with Gasteiger partial charge in [0.1, 0.15) is 0 Å². The van der Waals surface area contributed by atoms with Crippen molar-refractivity contribution in [3.63, 3.8) is 0 Å². The predicted octanol–water partition coefficient (Wildman–Crippen LogP) is 3.53. The van der Waals surface area contributed by atoms with Crippen molar-refractivity contribution in [1.29, 1.82) is 0 Å². The zero-order valence-electron chi connectivity index (χ0n) is 13.4. The Kier molecular flexibility index (Phi) is 6.01. The summed E-state index contributed by atoms with van der Waals surface area (Å²) in [6.45, 7) is 6.40. The minimum Gasteiger partial charge on any atom is -0.371 e. The highest BCUT2D eigenvalue weighted by molar-refractivity contribution is 5.76. The molecule has 0 heterocycles. The van der Waals surface area contributed by atoms with Crippen molar-refractivity contribution in [1.82, 2.24) is 5.32 Å². The van der Waals surface area contributed by atoms with E-state index in [0.717, 1.165) is 24.3 Å². The van der Waals surface area contributed by atoms with E-state index in [1.165, 1.54) is 5.56 Å². The summed E-state index contributed by atoms with van der Waals surface area (Å²) in [7, 11) is 0. The second-order valence-corrected chi connectivity index (χ2v) is 5.43. The van der Waals surface area contributed by atoms with E-state index in [1.807, 2.05) is 30.3 Å². The van der Waals surface area contributed by atoms with E-state index in [-0.39, 0.29) is 5.91 Å². The first kappa shape index (κ1) is 16.1. The van der Waals surface area contributed by atoms with E-state index in [9.17, 15) is 4.79 Å². The molecule has 0 saturated heterocycles. The summed E-state index contributed by atoms with van der Waals surface area (Å²) in [4.78, 5) is 14.2. The Hall–Kier alpha value is -2.29. The lowest BCUT2D eigenvalue weighted by molar-refractivity contribution is -0.121. The molecule has 0 spiro atoms. The third-order valence-corrected chi connectivity index (χ3v) is 3.68. The molecular weight excluding hydrogens is 272 g/mol. The lowest BCUT2D eigenvalue weighted by Crippen LogP contribution is -2.30. The molecule has 1 N–H and O–H groups in total. The smallest absolute Gasteiger partial charge is 0.222 e. The molecule has 2 rings (SSSR count). The van der Waals surface area contributed by atoms with Crippen LogP contribution in [0.3, 0.4) is 0 Å². The van der Waals surface area contributed by atoms with Gasteiger partial charge >= 0.3 is 0 Å². The van der Waals surface area contributed by atoms with Crippen molar-refractivity contribution in [3.8, 4) is 0 Å². The van der Waals surface area contributed by atoms with Crippen LogP contribution >= 0.6 is 0 Å². The van der Waals surface area contributed by atoms with Crippen LogP contribution in [0.15, 0.2) is 54.6 Å². The summed E-state index contributed by atoms with van der Waals surface area (Å²) >= 11 is 0. The number of hydrogen-bond donors (Lipinski definition) is 1. The maximum Gasteiger partial charge on any atom is 0.222 e. The molecule has 116 valence electrons. The first-order valence-electron chi connectivity index (χ1n) is 7.81. The molecule has 22 heavy (non-hydrogen) atoms. The topological polar surface area (TPSA) is 32.3 Å². The van der Waals surface area contributed by atoms with E-state index >= 15 is 0 Å². The van der Waals surface area contributed by atoms with Gasteiger partial charge in [-0.2, -0.15) is 0 Å². The number of hydrogen-bond acceptors (Lipinski definition) is 2. The number of carbonyl (C=O) groups is 1. The standard InChI is InChI=1S/C19H24N2O/c1-3-21(18-10-5-4-6-11-18)13-12-19(22)20-15-17-9-7-8-16(2)14-17/h4-11,14H,3,12-13,15H2,1-2H3,(H,20,22). The van der Waals surface area contributed by atoms with Gasteiger partial charge in [-0.25, -0.2) is 0 Å². The van der Waals surface area contributed by atoms with Crippen molar-refractivity contribution in [2.24, 2.45) is 0 Å². The molecule has 0 saturated carbocycles. The fourth-order valence-corrected chi connectivity index (χ4v) is 2.46. The molecule has 0 aliphatic heterocycles. The molecule has 1 amide bonds. The summed E-state index contributed by atoms with van der Waals surface area (Å²) in [5.74, 6) is 0.0934. The van der Waals surface area contributed by atoms with Gasteiger partial charge in [0.25, 0.3) is 0 Å². The first-order chi connectivity index (χ1) is 10.7. The number of carbonyl (C=O) groups excluding carboxylic acids is 1. The SMILES string of the molecule is CCN(CCC(=O)NCc1cccc(C)c1)c1ccccc1. The molecule has 0 aliphatic rings. The Morgan fingerprint density at radius 1 is 1.09 bits per heavy atom. The maximum absolute atomic E-state index is 12.0. The number of rotatable bonds is 7. The maximum atomic E-state index is 12.0. The zero-order valence-corrected chi connectivity index (χ0v) is 13.4. The fourth-order valence-electron chi connectivity index (χ4n) is 2.46. The van der Waals surface area contributed by atoms with Gasteiger partial charge in [0.05, 0.1) is 0 Å². The van der Waals surface area contributed by atoms with E-state index in [0.29, 0.717) is 13.0 Å². The van der Waals surface area contributed by atoms with Crippen molar-refractivity contribution < 1.29 is 4.79 Å². The molecule has 0 radical (unpaired) electrons. The minimum atomic E-state index is 0.0934. The van der Waals surface area contributed by atoms with E-state index in [1.54, 1.807) is 0 Å². The Balaban J connectivity index is 1.79. The number of nitrogens with zero attached hydrogens (tertiary/aromatic N) is 1. The van der Waals surface area contributed by atoms with Crippen molar-refractivity contribution in [3.05, 3.63) is 65.7 Å². The highest BCUT2D eigenvalue weighted by atomic mass is 16.1. The Labute approximate surface area is 133 Å². The lowest BCUT2D eigenvalue weighted by Gasteiger charge is -2.22. The normalized spacial score (nSPS) is 10.3. The first-order valence-corrected chi connectivity index (χ1v) is 7.81. The molecule has 0 bridgehead atoms. The van der Waals surface area contributed by atoms with Gasteiger partial charge in [-0.1, -0.05) is 48.0 Å². The molecule has 2 aromatic rings. The highest BCUT2D eigenvalue weighted by Crippen LogP contribution is 2.13. The average Bonchev–Trinajstić information content (AvgIpc) is 2.54. The summed E-state index contributed by atoms with van der Waals surface area (Å²) in [6.07, 6.45) is 0.508. The summed E-state index contributed by atoms with van der Waals surface area (Å²) in [5, 5.41) is 2.99. The monoisotopic (exact) mass is 296 g/mol. The quantitative estimate of drug-likeness (QED) is 0.847. The second-order valence-electron chi connectivity index (χ2n) is 5.43. The number of nitrogens with one attached hydrogen (secondary N) is 1. The number of benzene rings is 2. The van der Waals surface area contributed by atoms with Gasteiger partial charge in [0, 0.05) is 31.7 Å². The molecule has 0 aliphatic carbocycles. The largest absolute Gasteiger partial charge is 0.371 e. The van der Waals surface area contributed by atoms with Crippen LogP contribution in [-0.2, 0) is 11.3 Å². The lowest BCUT2D eigenvalue weighted by atomic mass is 10.1. The van der Waals surface area contributed by atoms with Gasteiger partial charge < -0.3 is 10.2 Å². The molecular formula is C19H24N2O. The van der Waals surface area contributed by atoms with Crippen LogP contribution in [0.4, 0.5) is 5.69 Å². The van der Waals surface area contributed by atoms with Crippen LogP contribution in [0.2, 0.25) is 0 Å². The third-order valence-electron chi connectivity index (χ3n) is 3.68. The summed E-state index contributed by atoms with van der Waals surface area (Å²) < 4.78 is 0. The number of para-hydroxylation sites is 1. The van der Waals surface area contributed by atoms with Crippen LogP contribution < -0.4 is 10.2 Å². The predicted molar refractivity (Wildman–Crippen MR) is 92.0 cm³/mol. The van der Waals surface area contributed by atoms with Crippen molar-refractivity contribution >= 4 is 11.6 Å². The van der Waals surface area contributed by atoms with Gasteiger partial charge in [-0.3, -0.25) is 4.79 Å². The summed E-state index contributed by atoms with van der Waals surface area (Å²) in [5.41, 5.74) is 3.52. The van der Waals surface area contributed by atoms with E-state index < -0.39 is 0 Å². The molecule has 3 nitrogen and oxygen atoms in total. The third kappa shape index (κ3) is 4.92. The van der Waals surface area contributed by atoms with Crippen molar-refractivity contribution in [2.45, 2.75) is 26.8 Å².